The number of hydrogen-bond donors (Lipinski definition) is 0. The third-order valence-corrected chi connectivity index (χ3v) is 2.36. The Morgan fingerprint density at radius 3 is 2.41 bits per heavy atom. The Balaban J connectivity index is 2.44. The van der Waals surface area contributed by atoms with Crippen LogP contribution in [0.25, 0.3) is 0 Å². The number of nitrogens with zero attached hydrogens (tertiary/aromatic N) is 1. The predicted octanol–water partition coefficient (Wildman–Crippen LogP) is 1.34. The van der Waals surface area contributed by atoms with E-state index in [1.807, 2.05) is 36.2 Å². The highest BCUT2D eigenvalue weighted by molar-refractivity contribution is 5.81. The molecular weight excluding hydrogens is 218 g/mol. The Kier molecular flexibility index (Phi) is 5.66. The summed E-state index contributed by atoms with van der Waals surface area (Å²) < 4.78 is 9.88. The van der Waals surface area contributed by atoms with Crippen LogP contribution in [-0.4, -0.2) is 45.1 Å². The molecule has 0 saturated carbocycles. The lowest BCUT2D eigenvalue weighted by atomic mass is 10.2. The van der Waals surface area contributed by atoms with Gasteiger partial charge in [-0.05, 0) is 24.7 Å². The molecule has 17 heavy (non-hydrogen) atoms. The third kappa shape index (κ3) is 4.97. The van der Waals surface area contributed by atoms with Crippen LogP contribution in [0.4, 0.5) is 0 Å². The van der Waals surface area contributed by atoms with Crippen LogP contribution >= 0.6 is 0 Å². The first kappa shape index (κ1) is 13.7. The van der Waals surface area contributed by atoms with Gasteiger partial charge >= 0.3 is 0 Å². The minimum atomic E-state index is 0.0866. The van der Waals surface area contributed by atoms with Gasteiger partial charge in [-0.2, -0.15) is 0 Å². The number of rotatable bonds is 7. The van der Waals surface area contributed by atoms with Gasteiger partial charge in [-0.15, -0.1) is 0 Å². The molecule has 0 aliphatic rings. The summed E-state index contributed by atoms with van der Waals surface area (Å²) in [4.78, 5) is 13.3. The highest BCUT2D eigenvalue weighted by atomic mass is 16.5. The molecule has 94 valence electrons. The Morgan fingerprint density at radius 2 is 1.88 bits per heavy atom. The summed E-state index contributed by atoms with van der Waals surface area (Å²) in [6.45, 7) is 1.31. The molecular formula is C13H19NO3. The zero-order chi connectivity index (χ0) is 12.7. The maximum atomic E-state index is 11.4. The van der Waals surface area contributed by atoms with Crippen LogP contribution < -0.4 is 4.74 Å². The van der Waals surface area contributed by atoms with Gasteiger partial charge in [0.05, 0.1) is 13.7 Å². The van der Waals surface area contributed by atoms with Gasteiger partial charge in [-0.1, -0.05) is 12.1 Å². The monoisotopic (exact) mass is 237 g/mol. The summed E-state index contributed by atoms with van der Waals surface area (Å²) in [5, 5.41) is 0. The summed E-state index contributed by atoms with van der Waals surface area (Å²) >= 11 is 0. The largest absolute Gasteiger partial charge is 0.497 e. The lowest BCUT2D eigenvalue weighted by Crippen LogP contribution is -2.27. The van der Waals surface area contributed by atoms with Crippen molar-refractivity contribution < 1.29 is 14.3 Å². The van der Waals surface area contributed by atoms with Gasteiger partial charge in [0.2, 0.25) is 0 Å². The molecule has 0 aliphatic heterocycles. The zero-order valence-electron chi connectivity index (χ0n) is 10.6. The lowest BCUT2D eigenvalue weighted by molar-refractivity contribution is -0.123. The molecule has 1 aromatic rings. The van der Waals surface area contributed by atoms with Gasteiger partial charge in [0, 0.05) is 13.7 Å². The number of hydrogen-bond acceptors (Lipinski definition) is 4. The lowest BCUT2D eigenvalue weighted by Gasteiger charge is -2.15. The number of benzene rings is 1. The van der Waals surface area contributed by atoms with Crippen molar-refractivity contribution >= 4 is 5.78 Å². The zero-order valence-corrected chi connectivity index (χ0v) is 10.6. The van der Waals surface area contributed by atoms with Crippen LogP contribution in [0.5, 0.6) is 5.75 Å². The van der Waals surface area contributed by atoms with Crippen LogP contribution in [0.15, 0.2) is 24.3 Å². The van der Waals surface area contributed by atoms with E-state index in [4.69, 9.17) is 9.47 Å². The summed E-state index contributed by atoms with van der Waals surface area (Å²) in [7, 11) is 5.09. The number of carbonyl (C=O) groups is 1. The van der Waals surface area contributed by atoms with E-state index in [2.05, 4.69) is 0 Å². The first-order valence-corrected chi connectivity index (χ1v) is 5.48. The Bertz CT molecular complexity index is 348. The maximum absolute atomic E-state index is 11.4. The van der Waals surface area contributed by atoms with Crippen molar-refractivity contribution in [1.82, 2.24) is 4.90 Å². The van der Waals surface area contributed by atoms with E-state index in [-0.39, 0.29) is 12.4 Å². The van der Waals surface area contributed by atoms with Gasteiger partial charge in [-0.3, -0.25) is 9.69 Å². The molecule has 0 saturated heterocycles. The van der Waals surface area contributed by atoms with Gasteiger partial charge in [-0.25, -0.2) is 0 Å². The average molecular weight is 237 g/mol. The Hall–Kier alpha value is -1.39. The molecule has 0 bridgehead atoms. The highest BCUT2D eigenvalue weighted by Gasteiger charge is 2.06. The van der Waals surface area contributed by atoms with Crippen LogP contribution in [0.1, 0.15) is 5.56 Å². The minimum absolute atomic E-state index is 0.0866. The second kappa shape index (κ2) is 7.04. The molecule has 0 heterocycles. The first-order chi connectivity index (χ1) is 8.15. The van der Waals surface area contributed by atoms with Crippen molar-refractivity contribution in [2.45, 2.75) is 6.54 Å². The highest BCUT2D eigenvalue weighted by Crippen LogP contribution is 2.12. The number of likely N-dealkylation sites (N-methyl/N-ethyl adjacent to an activating group) is 1. The second-order valence-corrected chi connectivity index (χ2v) is 3.99. The van der Waals surface area contributed by atoms with Crippen molar-refractivity contribution in [2.75, 3.05) is 34.4 Å². The molecule has 1 aromatic carbocycles. The standard InChI is InChI=1S/C13H19NO3/c1-14(9-12(15)10-16-2)8-11-4-6-13(17-3)7-5-11/h4-7H,8-10H2,1-3H3. The number of ether oxygens (including phenoxy) is 2. The average Bonchev–Trinajstić information content (AvgIpc) is 2.30. The maximum Gasteiger partial charge on any atom is 0.172 e. The third-order valence-electron chi connectivity index (χ3n) is 2.36. The molecule has 0 amide bonds. The van der Waals surface area contributed by atoms with Gasteiger partial charge < -0.3 is 9.47 Å². The van der Waals surface area contributed by atoms with Crippen LogP contribution in [0.2, 0.25) is 0 Å². The fourth-order valence-corrected chi connectivity index (χ4v) is 1.61. The molecule has 0 radical (unpaired) electrons. The fraction of sp³-hybridized carbons (Fsp3) is 0.462. The molecule has 4 heteroatoms. The van der Waals surface area contributed by atoms with Crippen molar-refractivity contribution in [3.05, 3.63) is 29.8 Å². The predicted molar refractivity (Wildman–Crippen MR) is 66.2 cm³/mol. The van der Waals surface area contributed by atoms with Crippen LogP contribution in [-0.2, 0) is 16.1 Å². The second-order valence-electron chi connectivity index (χ2n) is 3.99. The summed E-state index contributed by atoms with van der Waals surface area (Å²) in [5.74, 6) is 0.926. The van der Waals surface area contributed by atoms with Gasteiger partial charge in [0.1, 0.15) is 12.4 Å². The number of ketones is 1. The number of methoxy groups -OCH3 is 2. The molecule has 0 fully saturated rings. The van der Waals surface area contributed by atoms with E-state index in [9.17, 15) is 4.79 Å². The Morgan fingerprint density at radius 1 is 1.24 bits per heavy atom. The van der Waals surface area contributed by atoms with E-state index in [0.717, 1.165) is 17.9 Å². The molecule has 0 spiro atoms. The van der Waals surface area contributed by atoms with E-state index in [1.54, 1.807) is 7.11 Å². The molecule has 0 atom stereocenters. The minimum Gasteiger partial charge on any atom is -0.497 e. The molecule has 0 unspecified atom stereocenters. The molecule has 1 rings (SSSR count). The van der Waals surface area contributed by atoms with Crippen molar-refractivity contribution in [1.29, 1.82) is 0 Å². The van der Waals surface area contributed by atoms with E-state index >= 15 is 0 Å². The summed E-state index contributed by atoms with van der Waals surface area (Å²) in [5.41, 5.74) is 1.15. The molecule has 0 N–H and O–H groups in total. The quantitative estimate of drug-likeness (QED) is 0.717. The van der Waals surface area contributed by atoms with E-state index < -0.39 is 0 Å². The van der Waals surface area contributed by atoms with Crippen LogP contribution in [0.3, 0.4) is 0 Å². The molecule has 4 nitrogen and oxygen atoms in total. The number of carbonyl (C=O) groups excluding carboxylic acids is 1. The fourth-order valence-electron chi connectivity index (χ4n) is 1.61. The van der Waals surface area contributed by atoms with Crippen molar-refractivity contribution in [3.8, 4) is 5.75 Å². The van der Waals surface area contributed by atoms with Gasteiger partial charge in [0.25, 0.3) is 0 Å². The van der Waals surface area contributed by atoms with E-state index in [0.29, 0.717) is 6.54 Å². The topological polar surface area (TPSA) is 38.8 Å². The Labute approximate surface area is 102 Å². The number of Topliss-reactive ketones (excluding diaryl/α,β-unsaturated/α-hetero) is 1. The van der Waals surface area contributed by atoms with Crippen LogP contribution in [0, 0.1) is 0 Å². The molecule has 0 aromatic heterocycles. The van der Waals surface area contributed by atoms with E-state index in [1.165, 1.54) is 7.11 Å². The van der Waals surface area contributed by atoms with Crippen molar-refractivity contribution in [3.63, 3.8) is 0 Å². The summed E-state index contributed by atoms with van der Waals surface area (Å²) in [6.07, 6.45) is 0. The molecule has 0 aliphatic carbocycles. The summed E-state index contributed by atoms with van der Waals surface area (Å²) in [6, 6.07) is 7.83. The SMILES string of the molecule is COCC(=O)CN(C)Cc1ccc(OC)cc1. The smallest absolute Gasteiger partial charge is 0.172 e. The van der Waals surface area contributed by atoms with Gasteiger partial charge in [0.15, 0.2) is 5.78 Å². The van der Waals surface area contributed by atoms with Crippen molar-refractivity contribution in [2.24, 2.45) is 0 Å². The first-order valence-electron chi connectivity index (χ1n) is 5.48. The normalized spacial score (nSPS) is 10.6.